The molecule has 0 radical (unpaired) electrons. The van der Waals surface area contributed by atoms with Gasteiger partial charge in [0.25, 0.3) is 0 Å². The number of hydrogen-bond donors (Lipinski definition) is 0. The van der Waals surface area contributed by atoms with Crippen molar-refractivity contribution in [2.24, 2.45) is 0 Å². The average molecular weight is 672 g/mol. The van der Waals surface area contributed by atoms with E-state index in [0.717, 1.165) is 17.0 Å². The van der Waals surface area contributed by atoms with E-state index < -0.39 is 131 Å². The highest BCUT2D eigenvalue weighted by molar-refractivity contribution is 6.28. The zero-order valence-electron chi connectivity index (χ0n) is 47.0. The van der Waals surface area contributed by atoms with Crippen LogP contribution in [0.3, 0.4) is 0 Å². The van der Waals surface area contributed by atoms with Gasteiger partial charge in [-0.25, -0.2) is 9.97 Å². The molecule has 0 bridgehead atoms. The van der Waals surface area contributed by atoms with Gasteiger partial charge in [0.15, 0.2) is 0 Å². The van der Waals surface area contributed by atoms with Crippen molar-refractivity contribution in [3.63, 3.8) is 0 Å². The first-order valence-corrected chi connectivity index (χ1v) is 15.5. The van der Waals surface area contributed by atoms with Crippen LogP contribution in [0.15, 0.2) is 182 Å². The van der Waals surface area contributed by atoms with Crippen LogP contribution in [0.25, 0.3) is 76.8 Å². The molecule has 0 spiro atoms. The SMILES string of the molecule is [2H]c1cc2ccc3c([2H])c([2H])c([2H])nc3c2nc1-c1c([2H])c([2H])c([2H])c2nc(-c3cccc([2H])c3[2H])c3c([2H])c(N(c4c([2H])cc([2H])c([2H])c4[2H])c4c([2H])c([2H])c([2H])c([2H])c4[2H])c4c([2H])ccc([2H])c4c3c12. The molecule has 0 fully saturated rings. The largest absolute Gasteiger partial charge is 0.310 e. The summed E-state index contributed by atoms with van der Waals surface area (Å²) < 4.78 is 189. The molecule has 0 saturated heterocycles. The molecule has 238 valence electrons. The van der Waals surface area contributed by atoms with E-state index in [4.69, 9.17) is 26.4 Å². The maximum atomic E-state index is 10.4. The highest BCUT2D eigenvalue weighted by Crippen LogP contribution is 2.47. The Kier molecular flexibility index (Phi) is 3.48. The van der Waals surface area contributed by atoms with Gasteiger partial charge in [-0.2, -0.15) is 0 Å². The zero-order valence-corrected chi connectivity index (χ0v) is 26.0. The summed E-state index contributed by atoms with van der Waals surface area (Å²) in [4.78, 5) is 14.7. The van der Waals surface area contributed by atoms with Gasteiger partial charge in [0.05, 0.1) is 62.4 Å². The monoisotopic (exact) mass is 671 g/mol. The molecular formula is C47H30N4. The number of para-hydroxylation sites is 2. The Morgan fingerprint density at radius 1 is 0.510 bits per heavy atom. The Morgan fingerprint density at radius 3 is 2.27 bits per heavy atom. The highest BCUT2D eigenvalue weighted by atomic mass is 15.1. The van der Waals surface area contributed by atoms with Crippen LogP contribution in [0.4, 0.5) is 17.1 Å². The summed E-state index contributed by atoms with van der Waals surface area (Å²) >= 11 is 0. The summed E-state index contributed by atoms with van der Waals surface area (Å²) in [6.45, 7) is 0. The van der Waals surface area contributed by atoms with Gasteiger partial charge in [0.2, 0.25) is 0 Å². The third-order valence-electron chi connectivity index (χ3n) is 8.36. The third-order valence-corrected chi connectivity index (χ3v) is 8.36. The van der Waals surface area contributed by atoms with Crippen molar-refractivity contribution in [2.75, 3.05) is 4.90 Å². The van der Waals surface area contributed by atoms with Crippen molar-refractivity contribution < 1.29 is 28.8 Å². The fraction of sp³-hybridized carbons (Fsp3) is 0. The molecule has 3 aromatic heterocycles. The van der Waals surface area contributed by atoms with Crippen LogP contribution in [0, 0.1) is 0 Å². The van der Waals surface area contributed by atoms with E-state index in [1.807, 2.05) is 0 Å². The minimum Gasteiger partial charge on any atom is -0.310 e. The maximum Gasteiger partial charge on any atom is 0.0972 e. The number of rotatable bonds is 5. The highest BCUT2D eigenvalue weighted by Gasteiger charge is 2.22. The molecule has 7 aromatic carbocycles. The van der Waals surface area contributed by atoms with Gasteiger partial charge in [0, 0.05) is 61.0 Å². The van der Waals surface area contributed by atoms with Crippen LogP contribution in [-0.4, -0.2) is 15.0 Å². The van der Waals surface area contributed by atoms with Crippen LogP contribution >= 0.6 is 0 Å². The normalized spacial score (nSPS) is 17.3. The van der Waals surface area contributed by atoms with E-state index in [1.54, 1.807) is 0 Å². The average Bonchev–Trinajstić information content (AvgIpc) is 3.34. The molecule has 0 amide bonds. The van der Waals surface area contributed by atoms with Crippen LogP contribution in [0.1, 0.15) is 28.8 Å². The van der Waals surface area contributed by atoms with Crippen LogP contribution in [0.5, 0.6) is 0 Å². The Balaban J connectivity index is 1.53. The predicted molar refractivity (Wildman–Crippen MR) is 213 cm³/mol. The summed E-state index contributed by atoms with van der Waals surface area (Å²) in [6.07, 6.45) is -0.549. The first kappa shape index (κ1) is 14.9. The van der Waals surface area contributed by atoms with Crippen LogP contribution < -0.4 is 4.90 Å². The summed E-state index contributed by atoms with van der Waals surface area (Å²) in [6, 6.07) is -1.45. The third kappa shape index (κ3) is 4.80. The number of benzene rings is 7. The second kappa shape index (κ2) is 11.9. The fourth-order valence-electron chi connectivity index (χ4n) is 6.22. The van der Waals surface area contributed by atoms with E-state index in [1.165, 1.54) is 42.5 Å². The maximum absolute atomic E-state index is 10.4. The number of anilines is 3. The molecule has 0 aliphatic carbocycles. The molecule has 51 heavy (non-hydrogen) atoms. The Bertz CT molecular complexity index is 4120. The summed E-state index contributed by atoms with van der Waals surface area (Å²) in [5.74, 6) is 0. The van der Waals surface area contributed by atoms with Gasteiger partial charge in [0.1, 0.15) is 0 Å². The lowest BCUT2D eigenvalue weighted by Crippen LogP contribution is -2.10. The standard InChI is InChI=1S/C47H30N4/c1-4-14-31(15-5-1)45-39-30-42(51(34-17-6-2-7-18-34)35-19-8-3-9-20-35)36-21-10-11-22-37(36)43(39)44-38(23-12-24-41(44)50-45)40-28-27-33-26-25-32-16-13-29-48-46(32)47(33)49-40/h1-30H/i2D,3D,4D,6D,7D,8D,12D,13D,14D,16D,17D,18D,19D,20D,21D,22D,23D,24D,28D,29D,30D. The van der Waals surface area contributed by atoms with Crippen molar-refractivity contribution in [1.29, 1.82) is 0 Å². The van der Waals surface area contributed by atoms with Crippen molar-refractivity contribution in [3.05, 3.63) is 182 Å². The van der Waals surface area contributed by atoms with Crippen LogP contribution in [0.2, 0.25) is 0 Å². The van der Waals surface area contributed by atoms with Gasteiger partial charge < -0.3 is 4.90 Å². The number of nitrogens with zero attached hydrogens (tertiary/aromatic N) is 4. The van der Waals surface area contributed by atoms with Gasteiger partial charge in [-0.3, -0.25) is 4.98 Å². The molecule has 0 unspecified atom stereocenters. The van der Waals surface area contributed by atoms with Crippen molar-refractivity contribution >= 4 is 71.3 Å². The zero-order chi connectivity index (χ0) is 52.0. The number of pyridine rings is 3. The van der Waals surface area contributed by atoms with Gasteiger partial charge in [-0.15, -0.1) is 0 Å². The van der Waals surface area contributed by atoms with Crippen molar-refractivity contribution in [2.45, 2.75) is 0 Å². The topological polar surface area (TPSA) is 41.9 Å². The molecular weight excluding hydrogens is 621 g/mol. The lowest BCUT2D eigenvalue weighted by Gasteiger charge is -2.28. The Hall–Kier alpha value is -6.91. The van der Waals surface area contributed by atoms with Gasteiger partial charge >= 0.3 is 0 Å². The first-order chi connectivity index (χ1) is 34.0. The molecule has 0 atom stereocenters. The van der Waals surface area contributed by atoms with Gasteiger partial charge in [-0.05, 0) is 53.7 Å². The first-order valence-electron chi connectivity index (χ1n) is 26.0. The fourth-order valence-corrected chi connectivity index (χ4v) is 6.22. The van der Waals surface area contributed by atoms with E-state index in [9.17, 15) is 12.3 Å². The molecule has 10 rings (SSSR count). The Morgan fingerprint density at radius 2 is 1.35 bits per heavy atom. The number of hydrogen-bond acceptors (Lipinski definition) is 4. The van der Waals surface area contributed by atoms with E-state index in [-0.39, 0.29) is 84.1 Å². The lowest BCUT2D eigenvalue weighted by atomic mass is 9.91. The lowest BCUT2D eigenvalue weighted by molar-refractivity contribution is 1.30. The molecule has 0 saturated carbocycles. The smallest absolute Gasteiger partial charge is 0.0972 e. The van der Waals surface area contributed by atoms with E-state index in [0.29, 0.717) is 5.39 Å². The number of aromatic nitrogens is 3. The summed E-state index contributed by atoms with van der Waals surface area (Å²) in [7, 11) is 0. The second-order valence-electron chi connectivity index (χ2n) is 11.2. The van der Waals surface area contributed by atoms with Crippen LogP contribution in [-0.2, 0) is 0 Å². The predicted octanol–water partition coefficient (Wildman–Crippen LogP) is 12.4. The van der Waals surface area contributed by atoms with Crippen molar-refractivity contribution in [1.82, 2.24) is 15.0 Å². The van der Waals surface area contributed by atoms with Crippen molar-refractivity contribution in [3.8, 4) is 22.5 Å². The molecule has 0 N–H and O–H groups in total. The van der Waals surface area contributed by atoms with E-state index in [2.05, 4.69) is 4.98 Å². The summed E-state index contributed by atoms with van der Waals surface area (Å²) in [5.41, 5.74) is -3.62. The second-order valence-corrected chi connectivity index (χ2v) is 11.2. The molecule has 4 nitrogen and oxygen atoms in total. The molecule has 10 aromatic rings. The molecule has 4 heteroatoms. The Labute approximate surface area is 324 Å². The summed E-state index contributed by atoms with van der Waals surface area (Å²) in [5, 5.41) is -1.18. The molecule has 0 aliphatic rings. The number of fused-ring (bicyclic) bond motifs is 8. The molecule has 0 aliphatic heterocycles. The quantitative estimate of drug-likeness (QED) is 0.171. The van der Waals surface area contributed by atoms with Gasteiger partial charge in [-0.1, -0.05) is 127 Å². The minimum atomic E-state index is -0.918. The molecule has 3 heterocycles. The van der Waals surface area contributed by atoms with E-state index >= 15 is 0 Å². The minimum absolute atomic E-state index is 0.0107.